The number of aryl methyl sites for hydroxylation is 2. The zero-order chi connectivity index (χ0) is 15.4. The third kappa shape index (κ3) is 4.20. The van der Waals surface area contributed by atoms with Crippen molar-refractivity contribution in [3.63, 3.8) is 0 Å². The topological polar surface area (TPSA) is 46.5 Å². The predicted molar refractivity (Wildman–Crippen MR) is 86.8 cm³/mol. The van der Waals surface area contributed by atoms with Gasteiger partial charge in [0.1, 0.15) is 11.5 Å². The SMILES string of the molecule is Cc1ccc(Oc2ccc(Br)cc2/C=C/C(=O)O)cc1C. The first-order valence-electron chi connectivity index (χ1n) is 6.41. The highest BCUT2D eigenvalue weighted by molar-refractivity contribution is 9.10. The summed E-state index contributed by atoms with van der Waals surface area (Å²) in [7, 11) is 0. The van der Waals surface area contributed by atoms with Gasteiger partial charge in [-0.2, -0.15) is 0 Å². The molecular weight excluding hydrogens is 332 g/mol. The van der Waals surface area contributed by atoms with Crippen LogP contribution in [0, 0.1) is 13.8 Å². The molecule has 2 aromatic carbocycles. The molecule has 0 bridgehead atoms. The lowest BCUT2D eigenvalue weighted by Crippen LogP contribution is -1.91. The van der Waals surface area contributed by atoms with E-state index in [0.717, 1.165) is 21.9 Å². The number of aliphatic carboxylic acids is 1. The van der Waals surface area contributed by atoms with Crippen LogP contribution < -0.4 is 4.74 Å². The first kappa shape index (κ1) is 15.3. The van der Waals surface area contributed by atoms with Gasteiger partial charge in [0.05, 0.1) is 0 Å². The van der Waals surface area contributed by atoms with Crippen LogP contribution in [-0.4, -0.2) is 11.1 Å². The molecule has 2 rings (SSSR count). The van der Waals surface area contributed by atoms with E-state index in [0.29, 0.717) is 11.3 Å². The molecule has 0 aromatic heterocycles. The molecule has 0 fully saturated rings. The number of carboxylic acid groups (broad SMARTS) is 1. The maximum atomic E-state index is 10.7. The van der Waals surface area contributed by atoms with Gasteiger partial charge in [0.2, 0.25) is 0 Å². The molecule has 0 aliphatic carbocycles. The summed E-state index contributed by atoms with van der Waals surface area (Å²) in [5.74, 6) is 0.344. The summed E-state index contributed by atoms with van der Waals surface area (Å²) in [6.45, 7) is 4.06. The Bertz CT molecular complexity index is 705. The molecule has 0 amide bonds. The van der Waals surface area contributed by atoms with Crippen molar-refractivity contribution in [1.82, 2.24) is 0 Å². The maximum absolute atomic E-state index is 10.7. The number of carboxylic acids is 1. The number of ether oxygens (including phenoxy) is 1. The normalized spacial score (nSPS) is 10.8. The molecule has 21 heavy (non-hydrogen) atoms. The van der Waals surface area contributed by atoms with E-state index in [1.165, 1.54) is 11.6 Å². The van der Waals surface area contributed by atoms with Crippen LogP contribution in [0.3, 0.4) is 0 Å². The molecule has 0 aliphatic heterocycles. The largest absolute Gasteiger partial charge is 0.478 e. The quantitative estimate of drug-likeness (QED) is 0.796. The van der Waals surface area contributed by atoms with Crippen LogP contribution in [0.25, 0.3) is 6.08 Å². The van der Waals surface area contributed by atoms with Crippen molar-refractivity contribution >= 4 is 28.0 Å². The molecule has 0 spiro atoms. The van der Waals surface area contributed by atoms with Gasteiger partial charge < -0.3 is 9.84 Å². The van der Waals surface area contributed by atoms with Crippen molar-refractivity contribution < 1.29 is 14.6 Å². The number of rotatable bonds is 4. The molecule has 1 N–H and O–H groups in total. The predicted octanol–water partition coefficient (Wildman–Crippen LogP) is 4.96. The molecule has 3 nitrogen and oxygen atoms in total. The second-order valence-corrected chi connectivity index (χ2v) is 5.62. The lowest BCUT2D eigenvalue weighted by molar-refractivity contribution is -0.131. The summed E-state index contributed by atoms with van der Waals surface area (Å²) in [5, 5.41) is 8.75. The highest BCUT2D eigenvalue weighted by atomic mass is 79.9. The van der Waals surface area contributed by atoms with E-state index in [1.807, 2.05) is 44.2 Å². The molecule has 0 unspecified atom stereocenters. The van der Waals surface area contributed by atoms with Crippen LogP contribution in [-0.2, 0) is 4.79 Å². The standard InChI is InChI=1S/C17H15BrO3/c1-11-3-6-15(9-12(11)2)21-16-7-5-14(18)10-13(16)4-8-17(19)20/h3-10H,1-2H3,(H,19,20)/b8-4+. The molecule has 0 aliphatic rings. The number of hydrogen-bond donors (Lipinski definition) is 1. The van der Waals surface area contributed by atoms with Gasteiger partial charge in [0, 0.05) is 16.1 Å². The molecular formula is C17H15BrO3. The van der Waals surface area contributed by atoms with Gasteiger partial charge in [-0.15, -0.1) is 0 Å². The zero-order valence-electron chi connectivity index (χ0n) is 11.8. The summed E-state index contributed by atoms with van der Waals surface area (Å²) in [6.07, 6.45) is 2.61. The van der Waals surface area contributed by atoms with Crippen LogP contribution in [0.5, 0.6) is 11.5 Å². The molecule has 0 heterocycles. The molecule has 0 radical (unpaired) electrons. The van der Waals surface area contributed by atoms with Gasteiger partial charge in [0.25, 0.3) is 0 Å². The lowest BCUT2D eigenvalue weighted by Gasteiger charge is -2.11. The van der Waals surface area contributed by atoms with Crippen LogP contribution in [0.15, 0.2) is 46.9 Å². The van der Waals surface area contributed by atoms with Crippen molar-refractivity contribution in [3.8, 4) is 11.5 Å². The Morgan fingerprint density at radius 2 is 1.90 bits per heavy atom. The van der Waals surface area contributed by atoms with Gasteiger partial charge in [-0.05, 0) is 61.4 Å². The summed E-state index contributed by atoms with van der Waals surface area (Å²) in [5.41, 5.74) is 3.04. The summed E-state index contributed by atoms with van der Waals surface area (Å²) < 4.78 is 6.73. The molecule has 2 aromatic rings. The maximum Gasteiger partial charge on any atom is 0.328 e. The van der Waals surface area contributed by atoms with Gasteiger partial charge >= 0.3 is 5.97 Å². The van der Waals surface area contributed by atoms with E-state index in [4.69, 9.17) is 9.84 Å². The number of hydrogen-bond acceptors (Lipinski definition) is 2. The monoisotopic (exact) mass is 346 g/mol. The average Bonchev–Trinajstić information content (AvgIpc) is 2.43. The van der Waals surface area contributed by atoms with E-state index < -0.39 is 5.97 Å². The van der Waals surface area contributed by atoms with Crippen LogP contribution in [0.1, 0.15) is 16.7 Å². The van der Waals surface area contributed by atoms with E-state index >= 15 is 0 Å². The zero-order valence-corrected chi connectivity index (χ0v) is 13.3. The Morgan fingerprint density at radius 3 is 2.57 bits per heavy atom. The Morgan fingerprint density at radius 1 is 1.14 bits per heavy atom. The van der Waals surface area contributed by atoms with Crippen molar-refractivity contribution in [1.29, 1.82) is 0 Å². The van der Waals surface area contributed by atoms with E-state index in [-0.39, 0.29) is 0 Å². The summed E-state index contributed by atoms with van der Waals surface area (Å²) in [4.78, 5) is 10.7. The molecule has 0 saturated heterocycles. The third-order valence-corrected chi connectivity index (χ3v) is 3.58. The first-order valence-corrected chi connectivity index (χ1v) is 7.20. The third-order valence-electron chi connectivity index (χ3n) is 3.08. The van der Waals surface area contributed by atoms with E-state index in [1.54, 1.807) is 6.07 Å². The second-order valence-electron chi connectivity index (χ2n) is 4.70. The van der Waals surface area contributed by atoms with Crippen LogP contribution in [0.4, 0.5) is 0 Å². The molecule has 108 valence electrons. The van der Waals surface area contributed by atoms with Crippen molar-refractivity contribution in [2.75, 3.05) is 0 Å². The van der Waals surface area contributed by atoms with Crippen molar-refractivity contribution in [3.05, 3.63) is 63.6 Å². The molecule has 4 heteroatoms. The Balaban J connectivity index is 2.34. The van der Waals surface area contributed by atoms with Crippen molar-refractivity contribution in [2.45, 2.75) is 13.8 Å². The minimum absolute atomic E-state index is 0.610. The summed E-state index contributed by atoms with van der Waals surface area (Å²) >= 11 is 3.37. The minimum atomic E-state index is -0.993. The highest BCUT2D eigenvalue weighted by Gasteiger charge is 2.05. The Labute approximate surface area is 132 Å². The minimum Gasteiger partial charge on any atom is -0.478 e. The fourth-order valence-electron chi connectivity index (χ4n) is 1.81. The Hall–Kier alpha value is -2.07. The average molecular weight is 347 g/mol. The van der Waals surface area contributed by atoms with Crippen molar-refractivity contribution in [2.24, 2.45) is 0 Å². The second kappa shape index (κ2) is 6.59. The molecule has 0 atom stereocenters. The fourth-order valence-corrected chi connectivity index (χ4v) is 2.19. The first-order chi connectivity index (χ1) is 9.95. The lowest BCUT2D eigenvalue weighted by atomic mass is 10.1. The number of carbonyl (C=O) groups is 1. The summed E-state index contributed by atoms with van der Waals surface area (Å²) in [6, 6.07) is 11.3. The highest BCUT2D eigenvalue weighted by Crippen LogP contribution is 2.30. The van der Waals surface area contributed by atoms with Gasteiger partial charge in [-0.1, -0.05) is 22.0 Å². The molecule has 0 saturated carbocycles. The van der Waals surface area contributed by atoms with E-state index in [9.17, 15) is 4.79 Å². The van der Waals surface area contributed by atoms with Gasteiger partial charge in [0.15, 0.2) is 0 Å². The fraction of sp³-hybridized carbons (Fsp3) is 0.118. The van der Waals surface area contributed by atoms with Gasteiger partial charge in [-0.25, -0.2) is 4.79 Å². The number of halogens is 1. The van der Waals surface area contributed by atoms with Crippen LogP contribution in [0.2, 0.25) is 0 Å². The van der Waals surface area contributed by atoms with Crippen LogP contribution >= 0.6 is 15.9 Å². The number of benzene rings is 2. The van der Waals surface area contributed by atoms with E-state index in [2.05, 4.69) is 15.9 Å². The van der Waals surface area contributed by atoms with Gasteiger partial charge in [-0.3, -0.25) is 0 Å². The smallest absolute Gasteiger partial charge is 0.328 e. The Kier molecular flexibility index (Phi) is 4.81.